The van der Waals surface area contributed by atoms with Gasteiger partial charge in [-0.25, -0.2) is 4.98 Å². The number of likely N-dealkylation sites (tertiary alicyclic amines) is 1. The maximum Gasteiger partial charge on any atom is 0.266 e. The van der Waals surface area contributed by atoms with Gasteiger partial charge in [-0.1, -0.05) is 60.7 Å². The normalized spacial score (nSPS) is 15.1. The molecule has 2 N–H and O–H groups in total. The zero-order valence-electron chi connectivity index (χ0n) is 15.2. The highest BCUT2D eigenvalue weighted by Crippen LogP contribution is 2.35. The Bertz CT molecular complexity index is 900. The molecule has 27 heavy (non-hydrogen) atoms. The molecule has 1 aromatic heterocycles. The predicted molar refractivity (Wildman–Crippen MR) is 111 cm³/mol. The summed E-state index contributed by atoms with van der Waals surface area (Å²) in [5, 5.41) is 0.884. The average molecular weight is 378 g/mol. The minimum atomic E-state index is 0.0870. The van der Waals surface area contributed by atoms with Gasteiger partial charge in [-0.3, -0.25) is 4.79 Å². The summed E-state index contributed by atoms with van der Waals surface area (Å²) in [5.41, 5.74) is 8.60. The van der Waals surface area contributed by atoms with Gasteiger partial charge in [-0.2, -0.15) is 0 Å². The number of hydrogen-bond acceptors (Lipinski definition) is 4. The summed E-state index contributed by atoms with van der Waals surface area (Å²) in [5.74, 6) is 0.619. The molecule has 0 aliphatic carbocycles. The fourth-order valence-corrected chi connectivity index (χ4v) is 4.54. The van der Waals surface area contributed by atoms with Crippen molar-refractivity contribution in [2.75, 3.05) is 19.6 Å². The first-order chi connectivity index (χ1) is 13.3. The average Bonchev–Trinajstić information content (AvgIpc) is 3.20. The molecule has 2 aromatic carbocycles. The highest BCUT2D eigenvalue weighted by atomic mass is 32.1. The van der Waals surface area contributed by atoms with Crippen molar-refractivity contribution >= 4 is 17.2 Å². The van der Waals surface area contributed by atoms with Gasteiger partial charge in [0.2, 0.25) is 0 Å². The van der Waals surface area contributed by atoms with E-state index in [2.05, 4.69) is 0 Å². The molecule has 3 aromatic rings. The molecule has 1 aliphatic rings. The molecule has 0 bridgehead atoms. The molecule has 4 rings (SSSR count). The number of aromatic nitrogens is 1. The van der Waals surface area contributed by atoms with Crippen LogP contribution in [-0.2, 0) is 0 Å². The van der Waals surface area contributed by atoms with Gasteiger partial charge in [-0.15, -0.1) is 11.3 Å². The van der Waals surface area contributed by atoms with Gasteiger partial charge in [0.25, 0.3) is 5.91 Å². The van der Waals surface area contributed by atoms with Crippen LogP contribution >= 0.6 is 11.3 Å². The van der Waals surface area contributed by atoms with Crippen molar-refractivity contribution in [3.63, 3.8) is 0 Å². The molecule has 1 fully saturated rings. The zero-order chi connectivity index (χ0) is 18.6. The lowest BCUT2D eigenvalue weighted by Crippen LogP contribution is -2.39. The van der Waals surface area contributed by atoms with Crippen LogP contribution < -0.4 is 5.73 Å². The van der Waals surface area contributed by atoms with Crippen molar-refractivity contribution in [3.8, 4) is 21.8 Å². The number of benzene rings is 2. The molecule has 1 saturated heterocycles. The fourth-order valence-electron chi connectivity index (χ4n) is 3.48. The third kappa shape index (κ3) is 3.80. The van der Waals surface area contributed by atoms with E-state index < -0.39 is 0 Å². The van der Waals surface area contributed by atoms with Crippen molar-refractivity contribution < 1.29 is 4.79 Å². The Labute approximate surface area is 163 Å². The van der Waals surface area contributed by atoms with Crippen LogP contribution in [0, 0.1) is 5.92 Å². The van der Waals surface area contributed by atoms with Crippen molar-refractivity contribution in [1.29, 1.82) is 0 Å². The lowest BCUT2D eigenvalue weighted by atomic mass is 9.97. The largest absolute Gasteiger partial charge is 0.338 e. The molecule has 0 atom stereocenters. The SMILES string of the molecule is NCC1CCN(C(=O)c2sc(-c3ccccc3)nc2-c2ccccc2)CC1. The lowest BCUT2D eigenvalue weighted by molar-refractivity contribution is 0.0699. The lowest BCUT2D eigenvalue weighted by Gasteiger charge is -2.31. The van der Waals surface area contributed by atoms with Crippen LogP contribution in [0.15, 0.2) is 60.7 Å². The van der Waals surface area contributed by atoms with Crippen LogP contribution in [-0.4, -0.2) is 35.4 Å². The van der Waals surface area contributed by atoms with E-state index in [4.69, 9.17) is 10.7 Å². The molecule has 5 heteroatoms. The van der Waals surface area contributed by atoms with Crippen molar-refractivity contribution in [3.05, 3.63) is 65.5 Å². The van der Waals surface area contributed by atoms with Crippen LogP contribution in [0.1, 0.15) is 22.5 Å². The minimum Gasteiger partial charge on any atom is -0.338 e. The molecule has 0 unspecified atom stereocenters. The van der Waals surface area contributed by atoms with Gasteiger partial charge in [0.05, 0.1) is 5.69 Å². The second-order valence-corrected chi connectivity index (χ2v) is 7.90. The van der Waals surface area contributed by atoms with Crippen LogP contribution in [0.2, 0.25) is 0 Å². The van der Waals surface area contributed by atoms with E-state index in [1.807, 2.05) is 65.6 Å². The Morgan fingerprint density at radius 3 is 2.19 bits per heavy atom. The van der Waals surface area contributed by atoms with E-state index in [0.29, 0.717) is 12.5 Å². The molecular formula is C22H23N3OS. The van der Waals surface area contributed by atoms with E-state index >= 15 is 0 Å². The maximum atomic E-state index is 13.3. The number of thiazole rings is 1. The van der Waals surface area contributed by atoms with Crippen LogP contribution in [0.25, 0.3) is 21.8 Å². The molecule has 2 heterocycles. The number of nitrogens with zero attached hydrogens (tertiary/aromatic N) is 2. The topological polar surface area (TPSA) is 59.2 Å². The summed E-state index contributed by atoms with van der Waals surface area (Å²) >= 11 is 1.49. The van der Waals surface area contributed by atoms with Gasteiger partial charge in [0.1, 0.15) is 9.88 Å². The Hall–Kier alpha value is -2.50. The highest BCUT2D eigenvalue weighted by molar-refractivity contribution is 7.17. The van der Waals surface area contributed by atoms with Crippen molar-refractivity contribution in [2.24, 2.45) is 11.7 Å². The van der Waals surface area contributed by atoms with Gasteiger partial charge < -0.3 is 10.6 Å². The Kier molecular flexibility index (Phi) is 5.32. The zero-order valence-corrected chi connectivity index (χ0v) is 16.0. The Balaban J connectivity index is 1.70. The highest BCUT2D eigenvalue weighted by Gasteiger charge is 2.27. The second-order valence-electron chi connectivity index (χ2n) is 6.90. The first kappa shape index (κ1) is 17.9. The van der Waals surface area contributed by atoms with Gasteiger partial charge >= 0.3 is 0 Å². The summed E-state index contributed by atoms with van der Waals surface area (Å²) in [7, 11) is 0. The van der Waals surface area contributed by atoms with Crippen LogP contribution in [0.3, 0.4) is 0 Å². The van der Waals surface area contributed by atoms with E-state index in [9.17, 15) is 4.79 Å². The second kappa shape index (κ2) is 8.03. The number of rotatable bonds is 4. The minimum absolute atomic E-state index is 0.0870. The van der Waals surface area contributed by atoms with Gasteiger partial charge in [0.15, 0.2) is 0 Å². The monoisotopic (exact) mass is 377 g/mol. The van der Waals surface area contributed by atoms with Crippen LogP contribution in [0.4, 0.5) is 0 Å². The molecule has 1 aliphatic heterocycles. The van der Waals surface area contributed by atoms with E-state index in [1.165, 1.54) is 11.3 Å². The van der Waals surface area contributed by atoms with Crippen molar-refractivity contribution in [1.82, 2.24) is 9.88 Å². The molecule has 0 saturated carbocycles. The number of carbonyl (C=O) groups excluding carboxylic acids is 1. The van der Waals surface area contributed by atoms with E-state index in [0.717, 1.165) is 52.6 Å². The van der Waals surface area contributed by atoms with E-state index in [1.54, 1.807) is 0 Å². The Morgan fingerprint density at radius 1 is 1.00 bits per heavy atom. The summed E-state index contributed by atoms with van der Waals surface area (Å²) < 4.78 is 0. The summed E-state index contributed by atoms with van der Waals surface area (Å²) in [6.07, 6.45) is 1.96. The number of hydrogen-bond donors (Lipinski definition) is 1. The summed E-state index contributed by atoms with van der Waals surface area (Å²) in [6.45, 7) is 2.25. The van der Waals surface area contributed by atoms with Gasteiger partial charge in [-0.05, 0) is 25.3 Å². The third-order valence-corrected chi connectivity index (χ3v) is 6.22. The first-order valence-electron chi connectivity index (χ1n) is 9.37. The molecule has 0 spiro atoms. The first-order valence-corrected chi connectivity index (χ1v) is 10.2. The quantitative estimate of drug-likeness (QED) is 0.738. The summed E-state index contributed by atoms with van der Waals surface area (Å²) in [6, 6.07) is 20.0. The predicted octanol–water partition coefficient (Wildman–Crippen LogP) is 4.29. The number of amides is 1. The maximum absolute atomic E-state index is 13.3. The summed E-state index contributed by atoms with van der Waals surface area (Å²) in [4.78, 5) is 20.8. The standard InChI is InChI=1S/C22H23N3OS/c23-15-16-11-13-25(14-12-16)22(26)20-19(17-7-3-1-4-8-17)24-21(27-20)18-9-5-2-6-10-18/h1-10,16H,11-15,23H2. The van der Waals surface area contributed by atoms with Gasteiger partial charge in [0, 0.05) is 24.2 Å². The molecule has 1 amide bonds. The number of carbonyl (C=O) groups is 1. The molecule has 4 nitrogen and oxygen atoms in total. The van der Waals surface area contributed by atoms with Crippen LogP contribution in [0.5, 0.6) is 0 Å². The number of nitrogens with two attached hydrogens (primary N) is 1. The molecule has 0 radical (unpaired) electrons. The molecule has 138 valence electrons. The smallest absolute Gasteiger partial charge is 0.266 e. The van der Waals surface area contributed by atoms with E-state index in [-0.39, 0.29) is 5.91 Å². The number of piperidine rings is 1. The fraction of sp³-hybridized carbons (Fsp3) is 0.273. The van der Waals surface area contributed by atoms with Crippen molar-refractivity contribution in [2.45, 2.75) is 12.8 Å². The Morgan fingerprint density at radius 2 is 1.59 bits per heavy atom. The molecular weight excluding hydrogens is 354 g/mol. The third-order valence-electron chi connectivity index (χ3n) is 5.12.